The SMILES string of the molecule is Cc1ccc(-c2nc(CN3CCC[C@@H]3Cc3ccccc3)co2)cc1. The van der Waals surface area contributed by atoms with E-state index in [2.05, 4.69) is 66.4 Å². The Labute approximate surface area is 149 Å². The highest BCUT2D eigenvalue weighted by molar-refractivity contribution is 5.53. The molecule has 1 atom stereocenters. The average molecular weight is 332 g/mol. The summed E-state index contributed by atoms with van der Waals surface area (Å²) in [6.07, 6.45) is 5.45. The van der Waals surface area contributed by atoms with E-state index >= 15 is 0 Å². The van der Waals surface area contributed by atoms with Gasteiger partial charge in [0.05, 0.1) is 5.69 Å². The molecule has 3 aromatic rings. The molecule has 128 valence electrons. The predicted molar refractivity (Wildman–Crippen MR) is 100 cm³/mol. The first-order valence-corrected chi connectivity index (χ1v) is 9.07. The number of nitrogens with zero attached hydrogens (tertiary/aromatic N) is 2. The minimum absolute atomic E-state index is 0.599. The number of benzene rings is 2. The molecule has 0 amide bonds. The number of aryl methyl sites for hydroxylation is 1. The second kappa shape index (κ2) is 7.24. The fourth-order valence-electron chi connectivity index (χ4n) is 3.64. The quantitative estimate of drug-likeness (QED) is 0.668. The van der Waals surface area contributed by atoms with Crippen LogP contribution in [-0.4, -0.2) is 22.5 Å². The molecule has 3 nitrogen and oxygen atoms in total. The molecular weight excluding hydrogens is 308 g/mol. The van der Waals surface area contributed by atoms with Crippen molar-refractivity contribution in [2.75, 3.05) is 6.54 Å². The molecule has 0 radical (unpaired) electrons. The normalized spacial score (nSPS) is 17.9. The van der Waals surface area contributed by atoms with Gasteiger partial charge in [0.1, 0.15) is 6.26 Å². The van der Waals surface area contributed by atoms with E-state index in [4.69, 9.17) is 9.40 Å². The van der Waals surface area contributed by atoms with Crippen molar-refractivity contribution < 1.29 is 4.42 Å². The molecule has 1 aliphatic heterocycles. The molecule has 2 heterocycles. The van der Waals surface area contributed by atoms with Gasteiger partial charge in [0.15, 0.2) is 0 Å². The van der Waals surface area contributed by atoms with Crippen LogP contribution in [0.5, 0.6) is 0 Å². The van der Waals surface area contributed by atoms with Crippen molar-refractivity contribution in [2.45, 2.75) is 38.8 Å². The maximum atomic E-state index is 5.72. The topological polar surface area (TPSA) is 29.3 Å². The highest BCUT2D eigenvalue weighted by Gasteiger charge is 2.25. The largest absolute Gasteiger partial charge is 0.444 e. The second-order valence-electron chi connectivity index (χ2n) is 6.97. The summed E-state index contributed by atoms with van der Waals surface area (Å²) in [4.78, 5) is 7.25. The Morgan fingerprint density at radius 1 is 1.08 bits per heavy atom. The Bertz CT molecular complexity index is 808. The fraction of sp³-hybridized carbons (Fsp3) is 0.318. The number of rotatable bonds is 5. The van der Waals surface area contributed by atoms with Crippen molar-refractivity contribution in [3.63, 3.8) is 0 Å². The Morgan fingerprint density at radius 2 is 1.88 bits per heavy atom. The standard InChI is InChI=1S/C22H24N2O/c1-17-9-11-19(12-10-17)22-23-20(16-25-22)15-24-13-5-8-21(24)14-18-6-3-2-4-7-18/h2-4,6-7,9-12,16,21H,5,8,13-15H2,1H3/t21-/m1/s1. The zero-order valence-corrected chi connectivity index (χ0v) is 14.7. The molecule has 0 aliphatic carbocycles. The third-order valence-corrected chi connectivity index (χ3v) is 5.03. The second-order valence-corrected chi connectivity index (χ2v) is 6.97. The maximum absolute atomic E-state index is 5.72. The van der Waals surface area contributed by atoms with E-state index in [9.17, 15) is 0 Å². The van der Waals surface area contributed by atoms with Gasteiger partial charge in [-0.2, -0.15) is 0 Å². The van der Waals surface area contributed by atoms with Crippen LogP contribution in [0.15, 0.2) is 65.3 Å². The lowest BCUT2D eigenvalue weighted by atomic mass is 10.0. The zero-order valence-electron chi connectivity index (χ0n) is 14.7. The van der Waals surface area contributed by atoms with Gasteiger partial charge in [0.2, 0.25) is 5.89 Å². The Balaban J connectivity index is 1.43. The van der Waals surface area contributed by atoms with Crippen molar-refractivity contribution in [3.8, 4) is 11.5 Å². The lowest BCUT2D eigenvalue weighted by Crippen LogP contribution is -2.30. The molecular formula is C22H24N2O. The minimum atomic E-state index is 0.599. The van der Waals surface area contributed by atoms with Crippen LogP contribution in [-0.2, 0) is 13.0 Å². The average Bonchev–Trinajstić information content (AvgIpc) is 3.27. The van der Waals surface area contributed by atoms with Gasteiger partial charge < -0.3 is 4.42 Å². The van der Waals surface area contributed by atoms with Crippen LogP contribution in [0.4, 0.5) is 0 Å². The molecule has 0 spiro atoms. The monoisotopic (exact) mass is 332 g/mol. The summed E-state index contributed by atoms with van der Waals surface area (Å²) in [6.45, 7) is 4.10. The molecule has 1 fully saturated rings. The Morgan fingerprint density at radius 3 is 2.68 bits per heavy atom. The van der Waals surface area contributed by atoms with E-state index in [1.54, 1.807) is 0 Å². The van der Waals surface area contributed by atoms with Crippen LogP contribution in [0.3, 0.4) is 0 Å². The van der Waals surface area contributed by atoms with E-state index in [0.717, 1.165) is 30.8 Å². The van der Waals surface area contributed by atoms with E-state index < -0.39 is 0 Å². The van der Waals surface area contributed by atoms with Gasteiger partial charge in [-0.15, -0.1) is 0 Å². The number of hydrogen-bond acceptors (Lipinski definition) is 3. The van der Waals surface area contributed by atoms with Crippen molar-refractivity contribution in [1.82, 2.24) is 9.88 Å². The van der Waals surface area contributed by atoms with Crippen molar-refractivity contribution in [1.29, 1.82) is 0 Å². The first-order chi connectivity index (χ1) is 12.3. The highest BCUT2D eigenvalue weighted by Crippen LogP contribution is 2.25. The van der Waals surface area contributed by atoms with Gasteiger partial charge in [-0.05, 0) is 50.4 Å². The molecule has 2 aromatic carbocycles. The summed E-state index contributed by atoms with van der Waals surface area (Å²) in [7, 11) is 0. The van der Waals surface area contributed by atoms with Crippen molar-refractivity contribution >= 4 is 0 Å². The molecule has 0 bridgehead atoms. The molecule has 4 rings (SSSR count). The molecule has 0 saturated carbocycles. The molecule has 0 N–H and O–H groups in total. The molecule has 0 unspecified atom stereocenters. The van der Waals surface area contributed by atoms with E-state index in [0.29, 0.717) is 11.9 Å². The van der Waals surface area contributed by atoms with Crippen LogP contribution < -0.4 is 0 Å². The van der Waals surface area contributed by atoms with Crippen molar-refractivity contribution in [2.24, 2.45) is 0 Å². The number of oxazole rings is 1. The zero-order chi connectivity index (χ0) is 17.1. The van der Waals surface area contributed by atoms with Gasteiger partial charge in [-0.25, -0.2) is 4.98 Å². The lowest BCUT2D eigenvalue weighted by Gasteiger charge is -2.23. The summed E-state index contributed by atoms with van der Waals surface area (Å²) in [5.74, 6) is 0.716. The number of aromatic nitrogens is 1. The first-order valence-electron chi connectivity index (χ1n) is 9.07. The van der Waals surface area contributed by atoms with Gasteiger partial charge in [0.25, 0.3) is 0 Å². The highest BCUT2D eigenvalue weighted by atomic mass is 16.3. The third kappa shape index (κ3) is 3.83. The van der Waals surface area contributed by atoms with E-state index in [1.807, 2.05) is 6.26 Å². The first kappa shape index (κ1) is 16.1. The van der Waals surface area contributed by atoms with E-state index in [1.165, 1.54) is 24.0 Å². The van der Waals surface area contributed by atoms with Crippen LogP contribution in [0, 0.1) is 6.92 Å². The summed E-state index contributed by atoms with van der Waals surface area (Å²) in [5.41, 5.74) is 4.73. The molecule has 1 aromatic heterocycles. The predicted octanol–water partition coefficient (Wildman–Crippen LogP) is 4.86. The van der Waals surface area contributed by atoms with Gasteiger partial charge in [0, 0.05) is 18.2 Å². The molecule has 1 aliphatic rings. The van der Waals surface area contributed by atoms with Gasteiger partial charge in [-0.1, -0.05) is 48.0 Å². The molecule has 1 saturated heterocycles. The molecule has 3 heteroatoms. The summed E-state index contributed by atoms with van der Waals surface area (Å²) >= 11 is 0. The number of hydrogen-bond donors (Lipinski definition) is 0. The lowest BCUT2D eigenvalue weighted by molar-refractivity contribution is 0.241. The Hall–Kier alpha value is -2.39. The fourth-order valence-corrected chi connectivity index (χ4v) is 3.64. The van der Waals surface area contributed by atoms with E-state index in [-0.39, 0.29) is 0 Å². The van der Waals surface area contributed by atoms with Crippen LogP contribution in [0.1, 0.15) is 29.7 Å². The molecule has 25 heavy (non-hydrogen) atoms. The third-order valence-electron chi connectivity index (χ3n) is 5.03. The summed E-state index contributed by atoms with van der Waals surface area (Å²) in [6, 6.07) is 19.7. The van der Waals surface area contributed by atoms with Gasteiger partial charge in [-0.3, -0.25) is 4.90 Å². The van der Waals surface area contributed by atoms with Crippen molar-refractivity contribution in [3.05, 3.63) is 77.7 Å². The van der Waals surface area contributed by atoms with Crippen LogP contribution in [0.25, 0.3) is 11.5 Å². The summed E-state index contributed by atoms with van der Waals surface area (Å²) in [5, 5.41) is 0. The smallest absolute Gasteiger partial charge is 0.226 e. The van der Waals surface area contributed by atoms with Crippen LogP contribution >= 0.6 is 0 Å². The minimum Gasteiger partial charge on any atom is -0.444 e. The Kier molecular flexibility index (Phi) is 4.66. The number of likely N-dealkylation sites (tertiary alicyclic amines) is 1. The summed E-state index contributed by atoms with van der Waals surface area (Å²) < 4.78 is 5.72. The van der Waals surface area contributed by atoms with Gasteiger partial charge >= 0.3 is 0 Å². The van der Waals surface area contributed by atoms with Crippen LogP contribution in [0.2, 0.25) is 0 Å². The maximum Gasteiger partial charge on any atom is 0.226 e.